The van der Waals surface area contributed by atoms with Gasteiger partial charge < -0.3 is 19.8 Å². The van der Waals surface area contributed by atoms with E-state index in [9.17, 15) is 28.8 Å². The molecule has 0 unspecified atom stereocenters. The van der Waals surface area contributed by atoms with Gasteiger partial charge in [0.1, 0.15) is 5.69 Å². The van der Waals surface area contributed by atoms with E-state index < -0.39 is 35.0 Å². The molecule has 0 radical (unpaired) electrons. The number of aryl methyl sites for hydroxylation is 1. The van der Waals surface area contributed by atoms with Crippen LogP contribution < -0.4 is 16.2 Å². The summed E-state index contributed by atoms with van der Waals surface area (Å²) in [6, 6.07) is 11.1. The lowest BCUT2D eigenvalue weighted by molar-refractivity contribution is -0.138. The molecule has 0 aliphatic carbocycles. The Morgan fingerprint density at radius 1 is 0.932 bits per heavy atom. The molecule has 1 aromatic carbocycles. The van der Waals surface area contributed by atoms with Crippen molar-refractivity contribution in [1.82, 2.24) is 24.8 Å². The number of Topliss-reactive ketones (excluding diaryl/α,β-unsaturated/α-hetero) is 3. The quantitative estimate of drug-likeness (QED) is 0.212. The SMILES string of the molecule is CCC(CC)CCC(=O)Cn1cccc(CC(=O)[C@H](CCC(=O)C(=O)NCc2ccccc2)NC(=O)c2cncn2C)c1=O. The number of amides is 2. The molecule has 44 heavy (non-hydrogen) atoms. The Balaban J connectivity index is 1.69. The lowest BCUT2D eigenvalue weighted by atomic mass is 9.96. The van der Waals surface area contributed by atoms with E-state index in [1.165, 1.54) is 33.9 Å². The summed E-state index contributed by atoms with van der Waals surface area (Å²) >= 11 is 0. The molecular weight excluding hydrogens is 562 g/mol. The third kappa shape index (κ3) is 9.96. The molecule has 1 atom stereocenters. The lowest BCUT2D eigenvalue weighted by Crippen LogP contribution is -2.43. The van der Waals surface area contributed by atoms with Crippen LogP contribution in [0.15, 0.2) is 66.0 Å². The number of pyridine rings is 1. The number of rotatable bonds is 18. The lowest BCUT2D eigenvalue weighted by Gasteiger charge is -2.18. The fraction of sp³-hybridized carbons (Fsp3) is 0.424. The smallest absolute Gasteiger partial charge is 0.287 e. The first kappa shape index (κ1) is 33.8. The zero-order valence-corrected chi connectivity index (χ0v) is 25.6. The van der Waals surface area contributed by atoms with Gasteiger partial charge in [-0.05, 0) is 30.4 Å². The zero-order valence-electron chi connectivity index (χ0n) is 25.6. The van der Waals surface area contributed by atoms with Gasteiger partial charge in [-0.3, -0.25) is 28.8 Å². The highest BCUT2D eigenvalue weighted by atomic mass is 16.2. The van der Waals surface area contributed by atoms with Gasteiger partial charge in [-0.15, -0.1) is 0 Å². The van der Waals surface area contributed by atoms with Crippen molar-refractivity contribution in [2.24, 2.45) is 13.0 Å². The number of nitrogens with zero attached hydrogens (tertiary/aromatic N) is 3. The van der Waals surface area contributed by atoms with E-state index in [2.05, 4.69) is 29.5 Å². The molecule has 11 nitrogen and oxygen atoms in total. The van der Waals surface area contributed by atoms with Gasteiger partial charge >= 0.3 is 0 Å². The number of carbonyl (C=O) groups excluding carboxylic acids is 5. The molecule has 2 amide bonds. The molecule has 0 bridgehead atoms. The highest BCUT2D eigenvalue weighted by molar-refractivity contribution is 6.36. The van der Waals surface area contributed by atoms with Crippen LogP contribution >= 0.6 is 0 Å². The normalized spacial score (nSPS) is 11.6. The fourth-order valence-electron chi connectivity index (χ4n) is 4.88. The third-order valence-electron chi connectivity index (χ3n) is 7.75. The van der Waals surface area contributed by atoms with Crippen LogP contribution in [-0.4, -0.2) is 49.3 Å². The van der Waals surface area contributed by atoms with Crippen molar-refractivity contribution in [3.8, 4) is 0 Å². The summed E-state index contributed by atoms with van der Waals surface area (Å²) < 4.78 is 2.77. The van der Waals surface area contributed by atoms with E-state index >= 15 is 0 Å². The van der Waals surface area contributed by atoms with E-state index in [1.54, 1.807) is 13.1 Å². The van der Waals surface area contributed by atoms with Gasteiger partial charge in [-0.2, -0.15) is 0 Å². The second-order valence-electron chi connectivity index (χ2n) is 10.9. The van der Waals surface area contributed by atoms with Crippen LogP contribution in [0, 0.1) is 5.92 Å². The Morgan fingerprint density at radius 3 is 2.32 bits per heavy atom. The fourth-order valence-corrected chi connectivity index (χ4v) is 4.88. The zero-order chi connectivity index (χ0) is 32.1. The Bertz CT molecular complexity index is 1510. The second-order valence-corrected chi connectivity index (χ2v) is 10.9. The minimum Gasteiger partial charge on any atom is -0.345 e. The maximum Gasteiger partial charge on any atom is 0.287 e. The maximum atomic E-state index is 13.5. The summed E-state index contributed by atoms with van der Waals surface area (Å²) in [5.41, 5.74) is 0.719. The van der Waals surface area contributed by atoms with E-state index in [-0.39, 0.29) is 49.4 Å². The molecule has 2 heterocycles. The molecule has 0 aliphatic rings. The van der Waals surface area contributed by atoms with Crippen molar-refractivity contribution < 1.29 is 24.0 Å². The standard InChI is InChI=1S/C33H41N5O6/c1-4-23(5-2)13-14-26(39)21-38-17-9-12-25(33(38)44)18-30(41)27(36-31(42)28-20-34-22-37(28)3)15-16-29(40)32(43)35-19-24-10-7-6-8-11-24/h6-12,17,20,22-23,27H,4-5,13-16,18-19,21H2,1-3H3,(H,35,43)(H,36,42)/t27-/m0/s1. The first-order valence-corrected chi connectivity index (χ1v) is 15.0. The average molecular weight is 604 g/mol. The molecule has 3 rings (SSSR count). The van der Waals surface area contributed by atoms with Gasteiger partial charge in [0.15, 0.2) is 11.6 Å². The van der Waals surface area contributed by atoms with Crippen LogP contribution in [0.4, 0.5) is 0 Å². The Labute approximate surface area is 257 Å². The summed E-state index contributed by atoms with van der Waals surface area (Å²) in [6.07, 6.45) is 6.64. The molecule has 0 fully saturated rings. The number of ketones is 3. The van der Waals surface area contributed by atoms with E-state index in [0.29, 0.717) is 12.3 Å². The number of imidazole rings is 1. The first-order chi connectivity index (χ1) is 21.1. The van der Waals surface area contributed by atoms with E-state index in [1.807, 2.05) is 30.3 Å². The predicted molar refractivity (Wildman–Crippen MR) is 165 cm³/mol. The van der Waals surface area contributed by atoms with Crippen molar-refractivity contribution in [2.75, 3.05) is 0 Å². The molecule has 3 aromatic rings. The van der Waals surface area contributed by atoms with Crippen LogP contribution in [0.5, 0.6) is 0 Å². The molecule has 2 aromatic heterocycles. The van der Waals surface area contributed by atoms with Crippen LogP contribution in [0.1, 0.15) is 74.0 Å². The number of hydrogen-bond acceptors (Lipinski definition) is 7. The summed E-state index contributed by atoms with van der Waals surface area (Å²) in [7, 11) is 1.62. The summed E-state index contributed by atoms with van der Waals surface area (Å²) in [4.78, 5) is 81.1. The summed E-state index contributed by atoms with van der Waals surface area (Å²) in [5.74, 6) is -2.22. The third-order valence-corrected chi connectivity index (χ3v) is 7.75. The maximum absolute atomic E-state index is 13.5. The monoisotopic (exact) mass is 603 g/mol. The first-order valence-electron chi connectivity index (χ1n) is 15.0. The van der Waals surface area contributed by atoms with Gasteiger partial charge in [-0.25, -0.2) is 4.98 Å². The Kier molecular flexibility index (Phi) is 12.9. The average Bonchev–Trinajstić information content (AvgIpc) is 3.46. The minimum atomic E-state index is -1.15. The van der Waals surface area contributed by atoms with Crippen LogP contribution in [0.2, 0.25) is 0 Å². The highest BCUT2D eigenvalue weighted by Gasteiger charge is 2.26. The molecular formula is C33H41N5O6. The van der Waals surface area contributed by atoms with Crippen molar-refractivity contribution in [2.45, 2.75) is 77.9 Å². The highest BCUT2D eigenvalue weighted by Crippen LogP contribution is 2.15. The number of benzene rings is 1. The van der Waals surface area contributed by atoms with Gasteiger partial charge in [0.05, 0.1) is 25.1 Å². The van der Waals surface area contributed by atoms with Crippen molar-refractivity contribution >= 4 is 29.2 Å². The second kappa shape index (κ2) is 16.8. The van der Waals surface area contributed by atoms with Crippen molar-refractivity contribution in [3.05, 3.63) is 88.4 Å². The Morgan fingerprint density at radius 2 is 1.66 bits per heavy atom. The largest absolute Gasteiger partial charge is 0.345 e. The van der Waals surface area contributed by atoms with Crippen molar-refractivity contribution in [3.63, 3.8) is 0 Å². The van der Waals surface area contributed by atoms with Crippen molar-refractivity contribution in [1.29, 1.82) is 0 Å². The molecule has 0 saturated carbocycles. The summed E-state index contributed by atoms with van der Waals surface area (Å²) in [6.45, 7) is 4.26. The molecule has 11 heteroatoms. The molecule has 0 aliphatic heterocycles. The number of nitrogens with one attached hydrogen (secondary N) is 2. The molecule has 234 valence electrons. The predicted octanol–water partition coefficient (Wildman–Crippen LogP) is 2.94. The summed E-state index contributed by atoms with van der Waals surface area (Å²) in [5, 5.41) is 5.21. The molecule has 0 saturated heterocycles. The van der Waals surface area contributed by atoms with E-state index in [4.69, 9.17) is 0 Å². The Hall–Kier alpha value is -4.67. The van der Waals surface area contributed by atoms with Crippen LogP contribution in [0.25, 0.3) is 0 Å². The van der Waals surface area contributed by atoms with Gasteiger partial charge in [-0.1, -0.05) is 63.1 Å². The van der Waals surface area contributed by atoms with Crippen LogP contribution in [0.3, 0.4) is 0 Å². The van der Waals surface area contributed by atoms with Crippen LogP contribution in [-0.2, 0) is 45.7 Å². The number of hydrogen-bond donors (Lipinski definition) is 2. The van der Waals surface area contributed by atoms with E-state index in [0.717, 1.165) is 24.8 Å². The van der Waals surface area contributed by atoms with Gasteiger partial charge in [0.2, 0.25) is 5.78 Å². The number of carbonyl (C=O) groups is 5. The molecule has 0 spiro atoms. The minimum absolute atomic E-state index is 0.0622. The number of aromatic nitrogens is 3. The molecule has 2 N–H and O–H groups in total. The van der Waals surface area contributed by atoms with Gasteiger partial charge in [0.25, 0.3) is 17.4 Å². The topological polar surface area (TPSA) is 149 Å². The van der Waals surface area contributed by atoms with Gasteiger partial charge in [0, 0.05) is 44.6 Å².